The monoisotopic (exact) mass is 483 g/mol. The smallest absolute Gasteiger partial charge is 0.276 e. The Balaban J connectivity index is 1.59. The second-order valence-corrected chi connectivity index (χ2v) is 10.3. The summed E-state index contributed by atoms with van der Waals surface area (Å²) in [6, 6.07) is 8.80. The molecule has 34 heavy (non-hydrogen) atoms. The molecule has 0 radical (unpaired) electrons. The first-order valence-corrected chi connectivity index (χ1v) is 12.2. The van der Waals surface area contributed by atoms with Gasteiger partial charge in [0.25, 0.3) is 5.91 Å². The number of nitrogens with one attached hydrogen (secondary N) is 1. The van der Waals surface area contributed by atoms with Crippen molar-refractivity contribution < 1.29 is 18.7 Å². The quantitative estimate of drug-likeness (QED) is 0.549. The van der Waals surface area contributed by atoms with Crippen molar-refractivity contribution in [1.82, 2.24) is 9.88 Å². The summed E-state index contributed by atoms with van der Waals surface area (Å²) >= 11 is 6.42. The predicted molar refractivity (Wildman–Crippen MR) is 132 cm³/mol. The highest BCUT2D eigenvalue weighted by Crippen LogP contribution is 2.39. The number of rotatable bonds is 4. The molecule has 180 valence electrons. The summed E-state index contributed by atoms with van der Waals surface area (Å²) in [7, 11) is 1.54. The van der Waals surface area contributed by atoms with Crippen molar-refractivity contribution in [2.75, 3.05) is 12.0 Å². The number of benzene rings is 1. The number of amides is 2. The van der Waals surface area contributed by atoms with Crippen molar-refractivity contribution in [2.24, 2.45) is 11.8 Å². The van der Waals surface area contributed by atoms with Gasteiger partial charge in [-0.1, -0.05) is 38.3 Å². The van der Waals surface area contributed by atoms with Crippen molar-refractivity contribution >= 4 is 40.2 Å². The zero-order valence-electron chi connectivity index (χ0n) is 19.9. The summed E-state index contributed by atoms with van der Waals surface area (Å²) in [5.41, 5.74) is 1.27. The summed E-state index contributed by atoms with van der Waals surface area (Å²) in [4.78, 5) is 29.4. The van der Waals surface area contributed by atoms with Gasteiger partial charge in [-0.15, -0.1) is 0 Å². The molecule has 3 heterocycles. The van der Waals surface area contributed by atoms with Gasteiger partial charge in [0.05, 0.1) is 30.5 Å². The van der Waals surface area contributed by atoms with E-state index in [1.807, 2.05) is 17.6 Å². The maximum atomic E-state index is 14.0. The maximum Gasteiger partial charge on any atom is 0.276 e. The third-order valence-corrected chi connectivity index (χ3v) is 8.11. The molecule has 4 atom stereocenters. The Bertz CT molecular complexity index is 1260. The van der Waals surface area contributed by atoms with Gasteiger partial charge in [-0.2, -0.15) is 0 Å². The first kappa shape index (κ1) is 22.8. The summed E-state index contributed by atoms with van der Waals surface area (Å²) in [5.74, 6) is 0.966. The van der Waals surface area contributed by atoms with E-state index in [9.17, 15) is 9.59 Å². The fourth-order valence-corrected chi connectivity index (χ4v) is 5.77. The molecule has 3 aromatic rings. The van der Waals surface area contributed by atoms with Crippen LogP contribution in [0.4, 0.5) is 5.69 Å². The van der Waals surface area contributed by atoms with Crippen molar-refractivity contribution in [3.8, 4) is 5.75 Å². The molecule has 1 aliphatic carbocycles. The molecule has 7 nitrogen and oxygen atoms in total. The fourth-order valence-electron chi connectivity index (χ4n) is 5.52. The fraction of sp³-hybridized carbons (Fsp3) is 0.462. The van der Waals surface area contributed by atoms with Crippen LogP contribution in [0, 0.1) is 11.8 Å². The zero-order valence-corrected chi connectivity index (χ0v) is 20.7. The van der Waals surface area contributed by atoms with Crippen molar-refractivity contribution in [2.45, 2.75) is 58.2 Å². The molecule has 2 amide bonds. The van der Waals surface area contributed by atoms with Gasteiger partial charge in [0.2, 0.25) is 5.91 Å². The minimum atomic E-state index is -1.17. The first-order chi connectivity index (χ1) is 16.2. The van der Waals surface area contributed by atoms with Crippen LogP contribution in [0.5, 0.6) is 5.75 Å². The minimum Gasteiger partial charge on any atom is -0.495 e. The van der Waals surface area contributed by atoms with Gasteiger partial charge in [0.1, 0.15) is 17.0 Å². The number of furan rings is 1. The number of halogens is 1. The molecular formula is C26H30ClN3O4. The maximum absolute atomic E-state index is 14.0. The van der Waals surface area contributed by atoms with Crippen molar-refractivity contribution in [3.05, 3.63) is 47.3 Å². The summed E-state index contributed by atoms with van der Waals surface area (Å²) in [6.45, 7) is 6.55. The van der Waals surface area contributed by atoms with Crippen LogP contribution in [0.3, 0.4) is 0 Å². The molecular weight excluding hydrogens is 454 g/mol. The Labute approximate surface area is 204 Å². The van der Waals surface area contributed by atoms with Crippen LogP contribution < -0.4 is 15.0 Å². The number of anilines is 1. The third-order valence-electron chi connectivity index (χ3n) is 7.81. The number of hydrogen-bond acceptors (Lipinski definition) is 4. The molecule has 2 aromatic heterocycles. The molecule has 5 rings (SSSR count). The average molecular weight is 484 g/mol. The lowest BCUT2D eigenvalue weighted by molar-refractivity contribution is -0.128. The van der Waals surface area contributed by atoms with Crippen LogP contribution in [-0.2, 0) is 11.3 Å². The molecule has 1 aromatic carbocycles. The Morgan fingerprint density at radius 1 is 1.24 bits per heavy atom. The number of fused-ring (bicyclic) bond motifs is 3. The highest BCUT2D eigenvalue weighted by atomic mass is 35.5. The zero-order chi connectivity index (χ0) is 24.2. The van der Waals surface area contributed by atoms with Crippen LogP contribution in [0.1, 0.15) is 50.5 Å². The molecule has 0 unspecified atom stereocenters. The van der Waals surface area contributed by atoms with Crippen LogP contribution in [0.2, 0.25) is 5.02 Å². The number of methoxy groups -OCH3 is 1. The molecule has 2 aliphatic rings. The average Bonchev–Trinajstić information content (AvgIpc) is 3.39. The lowest BCUT2D eigenvalue weighted by Gasteiger charge is -2.45. The Kier molecular flexibility index (Phi) is 5.63. The number of nitrogens with zero attached hydrogens (tertiary/aromatic N) is 2. The summed E-state index contributed by atoms with van der Waals surface area (Å²) in [6.07, 6.45) is 4.79. The van der Waals surface area contributed by atoms with Crippen LogP contribution in [0.15, 0.2) is 41.0 Å². The molecule has 1 fully saturated rings. The van der Waals surface area contributed by atoms with Gasteiger partial charge in [0, 0.05) is 23.9 Å². The number of carbonyl (C=O) groups is 2. The summed E-state index contributed by atoms with van der Waals surface area (Å²) < 4.78 is 12.7. The minimum absolute atomic E-state index is 0.0736. The SMILES string of the molecule is COc1ccc(N2C(=O)c3cc4occc4n3C[C@]2(C)C(=O)N[C@@H]2CCC[C@H](C)[C@H]2C)cc1Cl. The lowest BCUT2D eigenvalue weighted by Crippen LogP contribution is -2.66. The van der Waals surface area contributed by atoms with Crippen molar-refractivity contribution in [3.63, 3.8) is 0 Å². The molecule has 1 saturated carbocycles. The third kappa shape index (κ3) is 3.49. The van der Waals surface area contributed by atoms with E-state index in [2.05, 4.69) is 19.2 Å². The van der Waals surface area contributed by atoms with Crippen LogP contribution in [-0.4, -0.2) is 35.1 Å². The number of aromatic nitrogens is 1. The van der Waals surface area contributed by atoms with Gasteiger partial charge in [-0.3, -0.25) is 14.5 Å². The van der Waals surface area contributed by atoms with E-state index >= 15 is 0 Å². The number of hydrogen-bond donors (Lipinski definition) is 1. The second-order valence-electron chi connectivity index (χ2n) is 9.87. The highest BCUT2D eigenvalue weighted by molar-refractivity contribution is 6.32. The molecule has 0 bridgehead atoms. The number of carbonyl (C=O) groups excluding carboxylic acids is 2. The van der Waals surface area contributed by atoms with Crippen molar-refractivity contribution in [1.29, 1.82) is 0 Å². The highest BCUT2D eigenvalue weighted by Gasteiger charge is 2.49. The van der Waals surface area contributed by atoms with Gasteiger partial charge >= 0.3 is 0 Å². The Morgan fingerprint density at radius 3 is 2.76 bits per heavy atom. The van der Waals surface area contributed by atoms with E-state index in [1.165, 1.54) is 6.42 Å². The standard InChI is InChI=1S/C26H30ClN3O4/c1-15-6-5-7-19(16(15)2)28-25(32)26(3)14-29-20-10-11-34-23(20)13-21(29)24(31)30(26)17-8-9-22(33-4)18(27)12-17/h8-13,15-16,19H,5-7,14H2,1-4H3,(H,28,32)/t15-,16+,19+,26+/m0/s1. The van der Waals surface area contributed by atoms with E-state index in [0.29, 0.717) is 46.1 Å². The van der Waals surface area contributed by atoms with E-state index in [4.69, 9.17) is 20.8 Å². The Morgan fingerprint density at radius 2 is 2.03 bits per heavy atom. The lowest BCUT2D eigenvalue weighted by atomic mass is 9.77. The van der Waals surface area contributed by atoms with E-state index < -0.39 is 5.54 Å². The molecule has 1 N–H and O–H groups in total. The van der Waals surface area contributed by atoms with Gasteiger partial charge in [-0.25, -0.2) is 0 Å². The summed E-state index contributed by atoms with van der Waals surface area (Å²) in [5, 5.41) is 3.68. The molecule has 8 heteroatoms. The van der Waals surface area contributed by atoms with E-state index in [1.54, 1.807) is 42.5 Å². The van der Waals surface area contributed by atoms with Gasteiger partial charge < -0.3 is 19.0 Å². The number of ether oxygens (including phenoxy) is 1. The second kappa shape index (κ2) is 8.38. The predicted octanol–water partition coefficient (Wildman–Crippen LogP) is 5.26. The van der Waals surface area contributed by atoms with Gasteiger partial charge in [-0.05, 0) is 43.4 Å². The largest absolute Gasteiger partial charge is 0.495 e. The molecule has 0 spiro atoms. The van der Waals surface area contributed by atoms with E-state index in [0.717, 1.165) is 18.4 Å². The molecule has 1 aliphatic heterocycles. The Hall–Kier alpha value is -2.93. The van der Waals surface area contributed by atoms with Crippen LogP contribution in [0.25, 0.3) is 11.1 Å². The topological polar surface area (TPSA) is 76.7 Å². The molecule has 0 saturated heterocycles. The first-order valence-electron chi connectivity index (χ1n) is 11.8. The van der Waals surface area contributed by atoms with E-state index in [-0.39, 0.29) is 17.9 Å². The van der Waals surface area contributed by atoms with Gasteiger partial charge in [0.15, 0.2) is 5.58 Å². The van der Waals surface area contributed by atoms with Crippen LogP contribution >= 0.6 is 11.6 Å². The normalized spacial score (nSPS) is 27.0.